The smallest absolute Gasteiger partial charge is 0.315 e. The molecule has 0 unspecified atom stereocenters. The maximum atomic E-state index is 11.6. The number of nitrogens with one attached hydrogen (secondary N) is 2. The van der Waals surface area contributed by atoms with Crippen LogP contribution >= 0.6 is 12.2 Å². The summed E-state index contributed by atoms with van der Waals surface area (Å²) in [4.78, 5) is 14.1. The number of rotatable bonds is 3. The first-order valence-electron chi connectivity index (χ1n) is 5.54. The maximum absolute atomic E-state index is 11.6. The second kappa shape index (κ2) is 5.45. The number of thiocarbonyl (C=S) groups is 1. The van der Waals surface area contributed by atoms with Gasteiger partial charge in [0.25, 0.3) is 0 Å². The molecule has 1 rings (SSSR count). The summed E-state index contributed by atoms with van der Waals surface area (Å²) in [6.07, 6.45) is 1.55. The van der Waals surface area contributed by atoms with Gasteiger partial charge in [0.2, 0.25) is 0 Å². The Hall–Kier alpha value is -0.880. The molecule has 1 aliphatic rings. The molecule has 92 valence electrons. The maximum Gasteiger partial charge on any atom is 0.315 e. The van der Waals surface area contributed by atoms with Gasteiger partial charge in [-0.05, 0) is 26.8 Å². The number of hydrogen-bond acceptors (Lipinski definition) is 3. The summed E-state index contributed by atoms with van der Waals surface area (Å²) in [5, 5.41) is 5.62. The minimum Gasteiger partial charge on any atom is -0.391 e. The molecule has 0 saturated carbocycles. The van der Waals surface area contributed by atoms with Gasteiger partial charge in [-0.3, -0.25) is 0 Å². The Bertz CT molecular complexity index is 274. The fraction of sp³-hybridized carbons (Fsp3) is 0.800. The van der Waals surface area contributed by atoms with Gasteiger partial charge >= 0.3 is 6.03 Å². The second-order valence-corrected chi connectivity index (χ2v) is 4.67. The van der Waals surface area contributed by atoms with Crippen molar-refractivity contribution in [2.24, 2.45) is 5.73 Å². The molecule has 5 nitrogen and oxygen atoms in total. The molecule has 6 heteroatoms. The number of hydrogen-bond donors (Lipinski definition) is 3. The zero-order chi connectivity index (χ0) is 12.2. The molecule has 0 aromatic heterocycles. The summed E-state index contributed by atoms with van der Waals surface area (Å²) in [5.74, 6) is 0. The highest BCUT2D eigenvalue weighted by Gasteiger charge is 2.37. The normalized spacial score (nSPS) is 20.1. The van der Waals surface area contributed by atoms with Crippen molar-refractivity contribution in [2.75, 3.05) is 26.7 Å². The highest BCUT2D eigenvalue weighted by atomic mass is 32.1. The lowest BCUT2D eigenvalue weighted by Crippen LogP contribution is -2.62. The Kier molecular flexibility index (Phi) is 4.49. The molecule has 0 atom stereocenters. The Balaban J connectivity index is 2.66. The first-order valence-corrected chi connectivity index (χ1v) is 5.95. The molecule has 0 radical (unpaired) electrons. The lowest BCUT2D eigenvalue weighted by Gasteiger charge is -2.40. The monoisotopic (exact) mass is 244 g/mol. The highest BCUT2D eigenvalue weighted by Crippen LogP contribution is 2.21. The van der Waals surface area contributed by atoms with E-state index in [0.717, 1.165) is 25.9 Å². The van der Waals surface area contributed by atoms with Crippen molar-refractivity contribution in [3.8, 4) is 0 Å². The van der Waals surface area contributed by atoms with Crippen LogP contribution < -0.4 is 16.4 Å². The van der Waals surface area contributed by atoms with Gasteiger partial charge in [-0.25, -0.2) is 4.79 Å². The SMILES string of the molecule is CCNC(=O)NC1(C(N)=S)CCN(C)CC1. The van der Waals surface area contributed by atoms with E-state index >= 15 is 0 Å². The van der Waals surface area contributed by atoms with Crippen LogP contribution in [0.25, 0.3) is 0 Å². The zero-order valence-electron chi connectivity index (χ0n) is 9.88. The van der Waals surface area contributed by atoms with E-state index in [4.69, 9.17) is 18.0 Å². The largest absolute Gasteiger partial charge is 0.391 e. The number of urea groups is 1. The molecular formula is C10H20N4OS. The van der Waals surface area contributed by atoms with Gasteiger partial charge in [-0.2, -0.15) is 0 Å². The van der Waals surface area contributed by atoms with Crippen LogP contribution in [-0.2, 0) is 0 Å². The summed E-state index contributed by atoms with van der Waals surface area (Å²) in [7, 11) is 2.05. The van der Waals surface area contributed by atoms with Crippen molar-refractivity contribution < 1.29 is 4.79 Å². The third-order valence-corrected chi connectivity index (χ3v) is 3.39. The molecule has 0 aromatic carbocycles. The number of nitrogens with zero attached hydrogens (tertiary/aromatic N) is 1. The van der Waals surface area contributed by atoms with Gasteiger partial charge in [0.05, 0.1) is 10.5 Å². The number of carbonyl (C=O) groups excluding carboxylic acids is 1. The topological polar surface area (TPSA) is 70.4 Å². The van der Waals surface area contributed by atoms with E-state index in [-0.39, 0.29) is 6.03 Å². The lowest BCUT2D eigenvalue weighted by molar-refractivity contribution is 0.194. The van der Waals surface area contributed by atoms with Gasteiger partial charge < -0.3 is 21.3 Å². The average Bonchev–Trinajstić information content (AvgIpc) is 2.22. The van der Waals surface area contributed by atoms with E-state index in [1.807, 2.05) is 6.92 Å². The Morgan fingerprint density at radius 2 is 2.06 bits per heavy atom. The van der Waals surface area contributed by atoms with Crippen LogP contribution in [0.3, 0.4) is 0 Å². The molecule has 2 amide bonds. The van der Waals surface area contributed by atoms with Crippen LogP contribution in [0, 0.1) is 0 Å². The molecule has 0 bridgehead atoms. The van der Waals surface area contributed by atoms with E-state index in [0.29, 0.717) is 11.5 Å². The molecule has 1 saturated heterocycles. The molecule has 1 aliphatic heterocycles. The minimum atomic E-state index is -0.513. The number of nitrogens with two attached hydrogens (primary N) is 1. The molecular weight excluding hydrogens is 224 g/mol. The number of likely N-dealkylation sites (tertiary alicyclic amines) is 1. The summed E-state index contributed by atoms with van der Waals surface area (Å²) >= 11 is 5.09. The van der Waals surface area contributed by atoms with Crippen LogP contribution in [0.15, 0.2) is 0 Å². The van der Waals surface area contributed by atoms with E-state index < -0.39 is 5.54 Å². The first kappa shape index (κ1) is 13.2. The predicted octanol–water partition coefficient (Wildman–Crippen LogP) is 0.0560. The highest BCUT2D eigenvalue weighted by molar-refractivity contribution is 7.80. The van der Waals surface area contributed by atoms with Crippen molar-refractivity contribution in [1.29, 1.82) is 0 Å². The van der Waals surface area contributed by atoms with Crippen molar-refractivity contribution >= 4 is 23.2 Å². The van der Waals surface area contributed by atoms with Gasteiger partial charge in [-0.1, -0.05) is 12.2 Å². The fourth-order valence-corrected chi connectivity index (χ4v) is 2.11. The van der Waals surface area contributed by atoms with Crippen LogP contribution in [0.4, 0.5) is 4.79 Å². The summed E-state index contributed by atoms with van der Waals surface area (Å²) < 4.78 is 0. The van der Waals surface area contributed by atoms with E-state index in [9.17, 15) is 4.79 Å². The number of amides is 2. The predicted molar refractivity (Wildman–Crippen MR) is 68.5 cm³/mol. The quantitative estimate of drug-likeness (QED) is 0.614. The van der Waals surface area contributed by atoms with Crippen LogP contribution in [0.5, 0.6) is 0 Å². The number of piperidine rings is 1. The van der Waals surface area contributed by atoms with Crippen LogP contribution in [-0.4, -0.2) is 48.1 Å². The van der Waals surface area contributed by atoms with Gasteiger partial charge in [-0.15, -0.1) is 0 Å². The zero-order valence-corrected chi connectivity index (χ0v) is 10.7. The first-order chi connectivity index (χ1) is 7.50. The van der Waals surface area contributed by atoms with Crippen molar-refractivity contribution in [3.63, 3.8) is 0 Å². The molecule has 16 heavy (non-hydrogen) atoms. The molecule has 1 heterocycles. The van der Waals surface area contributed by atoms with E-state index in [1.54, 1.807) is 0 Å². The molecule has 0 aliphatic carbocycles. The van der Waals surface area contributed by atoms with Crippen LogP contribution in [0.2, 0.25) is 0 Å². The second-order valence-electron chi connectivity index (χ2n) is 4.23. The minimum absolute atomic E-state index is 0.195. The van der Waals surface area contributed by atoms with Gasteiger partial charge in [0, 0.05) is 19.6 Å². The lowest BCUT2D eigenvalue weighted by atomic mass is 9.87. The summed E-state index contributed by atoms with van der Waals surface area (Å²) in [6.45, 7) is 4.26. The Morgan fingerprint density at radius 3 is 2.50 bits per heavy atom. The molecule has 4 N–H and O–H groups in total. The van der Waals surface area contributed by atoms with Crippen molar-refractivity contribution in [2.45, 2.75) is 25.3 Å². The fourth-order valence-electron chi connectivity index (χ4n) is 1.86. The van der Waals surface area contributed by atoms with Gasteiger partial charge in [0.1, 0.15) is 0 Å². The van der Waals surface area contributed by atoms with E-state index in [2.05, 4.69) is 22.6 Å². The standard InChI is InChI=1S/C10H20N4OS/c1-3-12-9(15)13-10(8(11)16)4-6-14(2)7-5-10/h3-7H2,1-2H3,(H2,11,16)(H2,12,13,15). The summed E-state index contributed by atoms with van der Waals surface area (Å²) in [6, 6.07) is -0.195. The molecule has 1 fully saturated rings. The molecule has 0 aromatic rings. The third-order valence-electron chi connectivity index (χ3n) is 3.00. The average molecular weight is 244 g/mol. The molecule has 0 spiro atoms. The van der Waals surface area contributed by atoms with Crippen molar-refractivity contribution in [3.05, 3.63) is 0 Å². The summed E-state index contributed by atoms with van der Waals surface area (Å²) in [5.41, 5.74) is 5.25. The van der Waals surface area contributed by atoms with Gasteiger partial charge in [0.15, 0.2) is 0 Å². The Morgan fingerprint density at radius 1 is 1.50 bits per heavy atom. The van der Waals surface area contributed by atoms with Crippen molar-refractivity contribution in [1.82, 2.24) is 15.5 Å². The van der Waals surface area contributed by atoms with E-state index in [1.165, 1.54) is 0 Å². The van der Waals surface area contributed by atoms with Crippen LogP contribution in [0.1, 0.15) is 19.8 Å². The third kappa shape index (κ3) is 3.05. The Labute approximate surface area is 102 Å². The number of carbonyl (C=O) groups is 1.